The third-order valence-corrected chi connectivity index (χ3v) is 7.26. The number of unbranched alkanes of at least 4 members (excludes halogenated alkanes) is 8. The third kappa shape index (κ3) is 17.5. The van der Waals surface area contributed by atoms with Crippen LogP contribution in [0.25, 0.3) is 0 Å². The molecule has 0 aliphatic rings. The van der Waals surface area contributed by atoms with Gasteiger partial charge in [0.05, 0.1) is 15.4 Å². The van der Waals surface area contributed by atoms with Crippen LogP contribution in [0.2, 0.25) is 0 Å². The standard InChI is InChI=1S/C35H44N2O12/c1-2-3-4-11-14-30(48-34(40)26-47-35(41)27-17-19-28(20-18-27)36(42)43)15-12-9-7-5-6-8-10-13-16-32(38)46-25-33(39)49-31-23-21-29(22-24-31)37(44)45/h9,12,17-24,30H,2-8,10-11,13-16,25-26H2,1H3/b12-9-/t30-/m1/s1. The van der Waals surface area contributed by atoms with Gasteiger partial charge in [0.15, 0.2) is 13.2 Å². The average molecular weight is 685 g/mol. The molecule has 2 rings (SSSR count). The monoisotopic (exact) mass is 684 g/mol. The van der Waals surface area contributed by atoms with Gasteiger partial charge in [0.2, 0.25) is 0 Å². The van der Waals surface area contributed by atoms with Crippen molar-refractivity contribution in [1.29, 1.82) is 0 Å². The molecule has 0 amide bonds. The molecule has 2 aromatic rings. The van der Waals surface area contributed by atoms with Gasteiger partial charge < -0.3 is 18.9 Å². The van der Waals surface area contributed by atoms with Crippen LogP contribution in [0.4, 0.5) is 11.4 Å². The summed E-state index contributed by atoms with van der Waals surface area (Å²) >= 11 is 0. The Morgan fingerprint density at radius 3 is 1.94 bits per heavy atom. The molecule has 0 fully saturated rings. The lowest BCUT2D eigenvalue weighted by molar-refractivity contribution is -0.385. The zero-order valence-electron chi connectivity index (χ0n) is 27.8. The van der Waals surface area contributed by atoms with Gasteiger partial charge in [-0.1, -0.05) is 57.6 Å². The minimum Gasteiger partial charge on any atom is -0.460 e. The maximum absolute atomic E-state index is 12.4. The number of hydrogen-bond donors (Lipinski definition) is 0. The zero-order valence-corrected chi connectivity index (χ0v) is 27.8. The number of rotatable bonds is 24. The van der Waals surface area contributed by atoms with Crippen molar-refractivity contribution in [3.05, 3.63) is 86.5 Å². The molecule has 0 aliphatic carbocycles. The largest absolute Gasteiger partial charge is 0.460 e. The molecule has 2 aromatic carbocycles. The van der Waals surface area contributed by atoms with Crippen molar-refractivity contribution in [2.75, 3.05) is 13.2 Å². The Labute approximate surface area is 285 Å². The number of nitro groups is 2. The van der Waals surface area contributed by atoms with E-state index in [0.29, 0.717) is 19.3 Å². The summed E-state index contributed by atoms with van der Waals surface area (Å²) < 4.78 is 20.6. The highest BCUT2D eigenvalue weighted by atomic mass is 16.6. The molecule has 49 heavy (non-hydrogen) atoms. The quantitative estimate of drug-likeness (QED) is 0.0203. The average Bonchev–Trinajstić information content (AvgIpc) is 3.09. The zero-order chi connectivity index (χ0) is 35.9. The van der Waals surface area contributed by atoms with E-state index in [1.807, 2.05) is 6.08 Å². The molecule has 0 saturated heterocycles. The Hall–Kier alpha value is -5.14. The maximum atomic E-state index is 12.4. The number of non-ortho nitro benzene ring substituents is 2. The van der Waals surface area contributed by atoms with Crippen LogP contribution < -0.4 is 4.74 Å². The predicted octanol–water partition coefficient (Wildman–Crippen LogP) is 7.37. The summed E-state index contributed by atoms with van der Waals surface area (Å²) in [6, 6.07) is 9.89. The van der Waals surface area contributed by atoms with Crippen LogP contribution in [0.15, 0.2) is 60.7 Å². The molecule has 14 heteroatoms. The Morgan fingerprint density at radius 1 is 0.694 bits per heavy atom. The molecule has 1 atom stereocenters. The number of carbonyl (C=O) groups is 4. The van der Waals surface area contributed by atoms with E-state index in [2.05, 4.69) is 13.0 Å². The molecule has 0 heterocycles. The molecule has 266 valence electrons. The molecule has 0 aromatic heterocycles. The fourth-order valence-electron chi connectivity index (χ4n) is 4.61. The van der Waals surface area contributed by atoms with Crippen molar-refractivity contribution in [2.45, 2.75) is 96.5 Å². The van der Waals surface area contributed by atoms with Gasteiger partial charge in [-0.05, 0) is 56.4 Å². The Kier molecular flexibility index (Phi) is 19.0. The lowest BCUT2D eigenvalue weighted by atomic mass is 10.1. The summed E-state index contributed by atoms with van der Waals surface area (Å²) in [5.41, 5.74) is -0.195. The fraction of sp³-hybridized carbons (Fsp3) is 0.486. The third-order valence-electron chi connectivity index (χ3n) is 7.26. The minimum absolute atomic E-state index is 0.0960. The van der Waals surface area contributed by atoms with Crippen LogP contribution in [-0.4, -0.2) is 53.0 Å². The second-order valence-corrected chi connectivity index (χ2v) is 11.2. The summed E-state index contributed by atoms with van der Waals surface area (Å²) in [5, 5.41) is 21.5. The van der Waals surface area contributed by atoms with Crippen LogP contribution in [0.3, 0.4) is 0 Å². The van der Waals surface area contributed by atoms with E-state index in [-0.39, 0.29) is 35.2 Å². The first-order valence-corrected chi connectivity index (χ1v) is 16.5. The van der Waals surface area contributed by atoms with Gasteiger partial charge in [0.25, 0.3) is 11.4 Å². The molecule has 0 saturated carbocycles. The number of benzene rings is 2. The van der Waals surface area contributed by atoms with Gasteiger partial charge in [-0.3, -0.25) is 25.0 Å². The molecule has 0 spiro atoms. The molecule has 0 unspecified atom stereocenters. The van der Waals surface area contributed by atoms with Crippen LogP contribution >= 0.6 is 0 Å². The lowest BCUT2D eigenvalue weighted by Gasteiger charge is -2.16. The molecule has 0 radical (unpaired) electrons. The number of hydrogen-bond acceptors (Lipinski definition) is 12. The maximum Gasteiger partial charge on any atom is 0.349 e. The second-order valence-electron chi connectivity index (χ2n) is 11.2. The predicted molar refractivity (Wildman–Crippen MR) is 178 cm³/mol. The van der Waals surface area contributed by atoms with Gasteiger partial charge in [0, 0.05) is 37.1 Å². The highest BCUT2D eigenvalue weighted by molar-refractivity contribution is 5.91. The second kappa shape index (κ2) is 23.2. The van der Waals surface area contributed by atoms with E-state index in [1.165, 1.54) is 48.5 Å². The number of allylic oxidation sites excluding steroid dienone is 1. The van der Waals surface area contributed by atoms with E-state index < -0.39 is 46.9 Å². The van der Waals surface area contributed by atoms with Crippen LogP contribution in [0, 0.1) is 20.2 Å². The van der Waals surface area contributed by atoms with Gasteiger partial charge in [-0.25, -0.2) is 14.4 Å². The molecule has 14 nitrogen and oxygen atoms in total. The SMILES string of the molecule is CCCCCC[C@H](C/C=C\CCCCCCCC(=O)OCC(=O)Oc1ccc([N+](=O)[O-])cc1)OC(=O)COC(=O)c1ccc([N+](=O)[O-])cc1. The molecular weight excluding hydrogens is 640 g/mol. The van der Waals surface area contributed by atoms with Crippen molar-refractivity contribution in [3.8, 4) is 5.75 Å². The van der Waals surface area contributed by atoms with Crippen molar-refractivity contribution in [2.24, 2.45) is 0 Å². The highest BCUT2D eigenvalue weighted by Gasteiger charge is 2.17. The number of nitro benzene ring substituents is 2. The van der Waals surface area contributed by atoms with Crippen molar-refractivity contribution >= 4 is 35.3 Å². The van der Waals surface area contributed by atoms with Gasteiger partial charge >= 0.3 is 23.9 Å². The molecule has 0 aliphatic heterocycles. The summed E-state index contributed by atoms with van der Waals surface area (Å²) in [6.45, 7) is 1.02. The smallest absolute Gasteiger partial charge is 0.349 e. The van der Waals surface area contributed by atoms with Gasteiger partial charge in [-0.15, -0.1) is 0 Å². The number of ether oxygens (including phenoxy) is 4. The van der Waals surface area contributed by atoms with Crippen LogP contribution in [-0.2, 0) is 28.6 Å². The van der Waals surface area contributed by atoms with Crippen molar-refractivity contribution in [1.82, 2.24) is 0 Å². The van der Waals surface area contributed by atoms with Gasteiger partial charge in [0.1, 0.15) is 11.9 Å². The normalized spacial score (nSPS) is 11.4. The summed E-state index contributed by atoms with van der Waals surface area (Å²) in [6.07, 6.45) is 14.4. The number of esters is 4. The summed E-state index contributed by atoms with van der Waals surface area (Å²) in [4.78, 5) is 68.7. The molecule has 0 bridgehead atoms. The number of carbonyl (C=O) groups excluding carboxylic acids is 4. The highest BCUT2D eigenvalue weighted by Crippen LogP contribution is 2.18. The van der Waals surface area contributed by atoms with E-state index in [1.54, 1.807) is 0 Å². The van der Waals surface area contributed by atoms with Crippen LogP contribution in [0.1, 0.15) is 101 Å². The van der Waals surface area contributed by atoms with Crippen LogP contribution in [0.5, 0.6) is 5.75 Å². The van der Waals surface area contributed by atoms with E-state index >= 15 is 0 Å². The first-order chi connectivity index (χ1) is 23.6. The Balaban J connectivity index is 1.59. The first-order valence-electron chi connectivity index (χ1n) is 16.5. The molecule has 0 N–H and O–H groups in total. The molecular formula is C35H44N2O12. The van der Waals surface area contributed by atoms with Crippen molar-refractivity contribution in [3.63, 3.8) is 0 Å². The van der Waals surface area contributed by atoms with E-state index in [0.717, 1.165) is 57.8 Å². The first kappa shape index (κ1) is 40.0. The minimum atomic E-state index is -0.779. The number of nitrogens with zero attached hydrogens (tertiary/aromatic N) is 2. The Bertz CT molecular complexity index is 1390. The Morgan fingerprint density at radius 2 is 1.29 bits per heavy atom. The van der Waals surface area contributed by atoms with E-state index in [4.69, 9.17) is 18.9 Å². The lowest BCUT2D eigenvalue weighted by Crippen LogP contribution is -2.23. The topological polar surface area (TPSA) is 191 Å². The summed E-state index contributed by atoms with van der Waals surface area (Å²) in [7, 11) is 0. The summed E-state index contributed by atoms with van der Waals surface area (Å²) in [5.74, 6) is -2.59. The van der Waals surface area contributed by atoms with Gasteiger partial charge in [-0.2, -0.15) is 0 Å². The van der Waals surface area contributed by atoms with Crippen molar-refractivity contribution < 1.29 is 48.0 Å². The fourth-order valence-corrected chi connectivity index (χ4v) is 4.61. The van der Waals surface area contributed by atoms with E-state index in [9.17, 15) is 39.4 Å².